The molecule has 1 aromatic carbocycles. The molecule has 164 valence electrons. The molecule has 2 amide bonds. The van der Waals surface area contributed by atoms with Crippen molar-refractivity contribution in [1.29, 1.82) is 0 Å². The molecule has 1 atom stereocenters. The van der Waals surface area contributed by atoms with Crippen LogP contribution >= 0.6 is 23.1 Å². The number of aryl methyl sites for hydroxylation is 4. The maximum Gasteiger partial charge on any atom is 0.239 e. The van der Waals surface area contributed by atoms with E-state index in [9.17, 15) is 9.59 Å². The molecule has 0 fully saturated rings. The lowest BCUT2D eigenvalue weighted by Gasteiger charge is -2.10. The summed E-state index contributed by atoms with van der Waals surface area (Å²) < 4.78 is 1.74. The second-order valence-electron chi connectivity index (χ2n) is 7.39. The van der Waals surface area contributed by atoms with Crippen molar-refractivity contribution in [2.45, 2.75) is 51.4 Å². The van der Waals surface area contributed by atoms with E-state index in [2.05, 4.69) is 25.8 Å². The second kappa shape index (κ2) is 9.61. The highest BCUT2D eigenvalue weighted by Gasteiger charge is 2.21. The van der Waals surface area contributed by atoms with Gasteiger partial charge in [-0.15, -0.1) is 21.5 Å². The van der Waals surface area contributed by atoms with Crippen molar-refractivity contribution < 1.29 is 9.59 Å². The number of aromatic nitrogens is 4. The Morgan fingerprint density at radius 3 is 2.52 bits per heavy atom. The van der Waals surface area contributed by atoms with Crippen LogP contribution in [-0.4, -0.2) is 36.8 Å². The Labute approximate surface area is 189 Å². The Balaban J connectivity index is 1.59. The standard InChI is InChI=1S/C21H26N6O2S2/c1-11-7-8-16(9-12(11)2)23-18(28)10-17-25-26-21(27(17)6)31-15(5)19(29)24-20-22-13(3)14(4)30-20/h7-9,15H,10H2,1-6H3,(H,23,28)(H,22,24,29)/t15-/m0/s1. The van der Waals surface area contributed by atoms with Crippen molar-refractivity contribution in [2.24, 2.45) is 7.05 Å². The van der Waals surface area contributed by atoms with Gasteiger partial charge in [-0.1, -0.05) is 17.8 Å². The number of hydrogen-bond acceptors (Lipinski definition) is 7. The summed E-state index contributed by atoms with van der Waals surface area (Å²) in [6.45, 7) is 9.72. The van der Waals surface area contributed by atoms with Gasteiger partial charge in [0.2, 0.25) is 11.8 Å². The van der Waals surface area contributed by atoms with Crippen LogP contribution in [0.1, 0.15) is 34.4 Å². The Morgan fingerprint density at radius 2 is 1.87 bits per heavy atom. The lowest BCUT2D eigenvalue weighted by molar-refractivity contribution is -0.116. The lowest BCUT2D eigenvalue weighted by Crippen LogP contribution is -2.23. The summed E-state index contributed by atoms with van der Waals surface area (Å²) in [5.41, 5.74) is 3.96. The number of hydrogen-bond donors (Lipinski definition) is 2. The van der Waals surface area contributed by atoms with Crippen molar-refractivity contribution in [1.82, 2.24) is 19.7 Å². The maximum atomic E-state index is 12.5. The SMILES string of the molecule is Cc1ccc(NC(=O)Cc2nnc(S[C@@H](C)C(=O)Nc3nc(C)c(C)s3)n2C)cc1C. The molecule has 2 N–H and O–H groups in total. The van der Waals surface area contributed by atoms with Crippen LogP contribution in [0.25, 0.3) is 0 Å². The predicted molar refractivity (Wildman–Crippen MR) is 125 cm³/mol. The van der Waals surface area contributed by atoms with Crippen molar-refractivity contribution >= 4 is 45.7 Å². The molecule has 0 spiro atoms. The first-order valence-corrected chi connectivity index (χ1v) is 11.5. The Morgan fingerprint density at radius 1 is 1.13 bits per heavy atom. The molecule has 2 aromatic heterocycles. The summed E-state index contributed by atoms with van der Waals surface area (Å²) in [5.74, 6) is 0.203. The number of thiazole rings is 1. The molecule has 0 aliphatic rings. The van der Waals surface area contributed by atoms with E-state index in [0.717, 1.165) is 21.8 Å². The average Bonchev–Trinajstić information content (AvgIpc) is 3.20. The van der Waals surface area contributed by atoms with Crippen LogP contribution in [0.4, 0.5) is 10.8 Å². The van der Waals surface area contributed by atoms with Crippen LogP contribution in [0.5, 0.6) is 0 Å². The van der Waals surface area contributed by atoms with Crippen LogP contribution in [0.3, 0.4) is 0 Å². The molecule has 0 bridgehead atoms. The van der Waals surface area contributed by atoms with Gasteiger partial charge in [-0.2, -0.15) is 0 Å². The molecule has 3 rings (SSSR count). The second-order valence-corrected chi connectivity index (χ2v) is 9.90. The van der Waals surface area contributed by atoms with Crippen LogP contribution in [0.15, 0.2) is 23.4 Å². The minimum Gasteiger partial charge on any atom is -0.326 e. The number of carbonyl (C=O) groups excluding carboxylic acids is 2. The molecule has 0 radical (unpaired) electrons. The quantitative estimate of drug-likeness (QED) is 0.522. The van der Waals surface area contributed by atoms with Crippen molar-refractivity contribution in [2.75, 3.05) is 10.6 Å². The normalized spacial score (nSPS) is 11.9. The number of rotatable bonds is 7. The third-order valence-electron chi connectivity index (χ3n) is 4.94. The molecule has 31 heavy (non-hydrogen) atoms. The summed E-state index contributed by atoms with van der Waals surface area (Å²) in [7, 11) is 1.79. The van der Waals surface area contributed by atoms with Crippen molar-refractivity contribution in [3.63, 3.8) is 0 Å². The molecular weight excluding hydrogens is 432 g/mol. The van der Waals surface area contributed by atoms with Gasteiger partial charge in [0, 0.05) is 17.6 Å². The molecule has 3 aromatic rings. The number of amides is 2. The summed E-state index contributed by atoms with van der Waals surface area (Å²) in [6, 6.07) is 5.80. The molecular formula is C21H26N6O2S2. The average molecular weight is 459 g/mol. The van der Waals surface area contributed by atoms with Gasteiger partial charge in [0.15, 0.2) is 10.3 Å². The number of benzene rings is 1. The van der Waals surface area contributed by atoms with Crippen LogP contribution in [-0.2, 0) is 23.1 Å². The first-order valence-electron chi connectivity index (χ1n) is 9.81. The Kier molecular flexibility index (Phi) is 7.11. The van der Waals surface area contributed by atoms with Gasteiger partial charge in [-0.25, -0.2) is 4.98 Å². The highest BCUT2D eigenvalue weighted by atomic mass is 32.2. The number of anilines is 2. The summed E-state index contributed by atoms with van der Waals surface area (Å²) in [5, 5.41) is 14.8. The third-order valence-corrected chi connectivity index (χ3v) is 7.07. The van der Waals surface area contributed by atoms with Gasteiger partial charge < -0.3 is 15.2 Å². The number of nitrogens with zero attached hydrogens (tertiary/aromatic N) is 4. The maximum absolute atomic E-state index is 12.5. The zero-order chi connectivity index (χ0) is 22.7. The molecule has 10 heteroatoms. The topological polar surface area (TPSA) is 102 Å². The van der Waals surface area contributed by atoms with Gasteiger partial charge in [-0.05, 0) is 57.9 Å². The summed E-state index contributed by atoms with van der Waals surface area (Å²) in [4.78, 5) is 30.3. The highest BCUT2D eigenvalue weighted by Crippen LogP contribution is 2.25. The zero-order valence-electron chi connectivity index (χ0n) is 18.4. The number of carbonyl (C=O) groups is 2. The molecule has 0 unspecified atom stereocenters. The molecule has 0 saturated heterocycles. The van der Waals surface area contributed by atoms with E-state index in [1.165, 1.54) is 28.7 Å². The number of nitrogens with one attached hydrogen (secondary N) is 2. The monoisotopic (exact) mass is 458 g/mol. The summed E-state index contributed by atoms with van der Waals surface area (Å²) in [6.07, 6.45) is 0.0925. The van der Waals surface area contributed by atoms with Gasteiger partial charge in [0.25, 0.3) is 0 Å². The van der Waals surface area contributed by atoms with E-state index in [0.29, 0.717) is 16.1 Å². The van der Waals surface area contributed by atoms with Crippen molar-refractivity contribution in [3.8, 4) is 0 Å². The Hall–Kier alpha value is -2.72. The van der Waals surface area contributed by atoms with E-state index in [1.54, 1.807) is 18.5 Å². The van der Waals surface area contributed by atoms with E-state index in [-0.39, 0.29) is 18.2 Å². The third kappa shape index (κ3) is 5.71. The van der Waals surface area contributed by atoms with Crippen LogP contribution in [0, 0.1) is 27.7 Å². The zero-order valence-corrected chi connectivity index (χ0v) is 20.1. The fraction of sp³-hybridized carbons (Fsp3) is 0.381. The van der Waals surface area contributed by atoms with E-state index in [4.69, 9.17) is 0 Å². The largest absolute Gasteiger partial charge is 0.326 e. The molecule has 8 nitrogen and oxygen atoms in total. The fourth-order valence-electron chi connectivity index (χ4n) is 2.71. The van der Waals surface area contributed by atoms with Crippen molar-refractivity contribution in [3.05, 3.63) is 45.7 Å². The van der Waals surface area contributed by atoms with Gasteiger partial charge in [0.1, 0.15) is 5.82 Å². The predicted octanol–water partition coefficient (Wildman–Crippen LogP) is 3.81. The van der Waals surface area contributed by atoms with E-state index >= 15 is 0 Å². The first kappa shape index (κ1) is 23.0. The highest BCUT2D eigenvalue weighted by molar-refractivity contribution is 8.00. The number of thioether (sulfide) groups is 1. The molecule has 2 heterocycles. The minimum atomic E-state index is -0.398. The van der Waals surface area contributed by atoms with Gasteiger partial charge >= 0.3 is 0 Å². The molecule has 0 aliphatic carbocycles. The van der Waals surface area contributed by atoms with Crippen LogP contribution < -0.4 is 10.6 Å². The van der Waals surface area contributed by atoms with E-state index < -0.39 is 5.25 Å². The first-order chi connectivity index (χ1) is 14.6. The minimum absolute atomic E-state index is 0.0925. The van der Waals surface area contributed by atoms with Gasteiger partial charge in [-0.3, -0.25) is 9.59 Å². The van der Waals surface area contributed by atoms with Gasteiger partial charge in [0.05, 0.1) is 17.4 Å². The lowest BCUT2D eigenvalue weighted by atomic mass is 10.1. The smallest absolute Gasteiger partial charge is 0.239 e. The fourth-order valence-corrected chi connectivity index (χ4v) is 4.37. The molecule has 0 aliphatic heterocycles. The molecule has 0 saturated carbocycles. The van der Waals surface area contributed by atoms with Crippen LogP contribution in [0.2, 0.25) is 0 Å². The van der Waals surface area contributed by atoms with E-state index in [1.807, 2.05) is 45.9 Å². The Bertz CT molecular complexity index is 1100. The summed E-state index contributed by atoms with van der Waals surface area (Å²) >= 11 is 2.74.